The van der Waals surface area contributed by atoms with Crippen molar-refractivity contribution in [2.45, 2.75) is 25.9 Å². The molecule has 0 bridgehead atoms. The quantitative estimate of drug-likeness (QED) is 0.162. The third-order valence-electron chi connectivity index (χ3n) is 6.85. The first-order valence-electron chi connectivity index (χ1n) is 13.0. The van der Waals surface area contributed by atoms with Crippen LogP contribution in [-0.4, -0.2) is 36.0 Å². The molecule has 2 amide bonds. The molecule has 3 heterocycles. The molecule has 0 fully saturated rings. The molecule has 0 saturated carbocycles. The Labute approximate surface area is 245 Å². The van der Waals surface area contributed by atoms with Crippen molar-refractivity contribution in [3.8, 4) is 16.9 Å². The Bertz CT molecular complexity index is 1810. The Morgan fingerprint density at radius 3 is 2.71 bits per heavy atom. The maximum absolute atomic E-state index is 13.2. The second-order valence-electron chi connectivity index (χ2n) is 9.66. The van der Waals surface area contributed by atoms with Crippen molar-refractivity contribution in [2.75, 3.05) is 0 Å². The van der Waals surface area contributed by atoms with E-state index in [2.05, 4.69) is 30.9 Å². The molecule has 0 radical (unpaired) electrons. The molecule has 3 aromatic heterocycles. The first-order chi connectivity index (χ1) is 19.9. The molecule has 6 aromatic rings. The van der Waals surface area contributed by atoms with E-state index >= 15 is 0 Å². The fourth-order valence-electron chi connectivity index (χ4n) is 4.80. The Balaban J connectivity index is 1.24. The molecular weight excluding hydrogens is 559 g/mol. The number of rotatable bonds is 8. The number of hydrogen-bond donors (Lipinski definition) is 4. The van der Waals surface area contributed by atoms with Crippen molar-refractivity contribution < 1.29 is 4.79 Å². The van der Waals surface area contributed by atoms with E-state index in [1.54, 1.807) is 16.9 Å². The number of nitrogens with zero attached hydrogens (tertiary/aromatic N) is 4. The van der Waals surface area contributed by atoms with Crippen molar-refractivity contribution in [1.82, 2.24) is 40.6 Å². The second-order valence-corrected chi connectivity index (χ2v) is 10.5. The van der Waals surface area contributed by atoms with Crippen LogP contribution in [0.1, 0.15) is 28.7 Å². The highest BCUT2D eigenvalue weighted by molar-refractivity contribution is 6.32. The lowest BCUT2D eigenvalue weighted by Gasteiger charge is -2.18. The van der Waals surface area contributed by atoms with Gasteiger partial charge in [0.15, 0.2) is 0 Å². The molecule has 11 heteroatoms. The van der Waals surface area contributed by atoms with Crippen molar-refractivity contribution in [3.05, 3.63) is 118 Å². The zero-order chi connectivity index (χ0) is 28.3. The summed E-state index contributed by atoms with van der Waals surface area (Å²) in [5.74, 6) is 0.544. The summed E-state index contributed by atoms with van der Waals surface area (Å²) < 4.78 is 1.73. The molecule has 206 valence electrons. The number of halogens is 2. The molecular formula is C30H26Cl2N8O. The van der Waals surface area contributed by atoms with E-state index in [0.717, 1.165) is 39.0 Å². The lowest BCUT2D eigenvalue weighted by Crippen LogP contribution is -2.39. The van der Waals surface area contributed by atoms with E-state index in [0.29, 0.717) is 28.1 Å². The van der Waals surface area contributed by atoms with E-state index < -0.39 is 6.04 Å². The largest absolute Gasteiger partial charge is 0.334 e. The predicted molar refractivity (Wildman–Crippen MR) is 160 cm³/mol. The van der Waals surface area contributed by atoms with Crippen LogP contribution in [0.3, 0.4) is 0 Å². The van der Waals surface area contributed by atoms with Gasteiger partial charge in [-0.2, -0.15) is 10.2 Å². The number of fused-ring (bicyclic) bond motifs is 1. The number of carbonyl (C=O) groups excluding carboxylic acids is 1. The van der Waals surface area contributed by atoms with Crippen molar-refractivity contribution in [1.29, 1.82) is 0 Å². The van der Waals surface area contributed by atoms with Gasteiger partial charge in [-0.1, -0.05) is 65.7 Å². The lowest BCUT2D eigenvalue weighted by atomic mass is 10.1. The number of benzene rings is 3. The minimum atomic E-state index is -0.482. The van der Waals surface area contributed by atoms with Crippen LogP contribution in [0.15, 0.2) is 85.2 Å². The highest BCUT2D eigenvalue weighted by Gasteiger charge is 2.22. The highest BCUT2D eigenvalue weighted by atomic mass is 35.5. The summed E-state index contributed by atoms with van der Waals surface area (Å²) in [6.45, 7) is 2.22. The number of urea groups is 1. The Morgan fingerprint density at radius 1 is 1.05 bits per heavy atom. The van der Waals surface area contributed by atoms with Gasteiger partial charge in [0.1, 0.15) is 16.7 Å². The summed E-state index contributed by atoms with van der Waals surface area (Å²) >= 11 is 12.9. The number of aryl methyl sites for hydroxylation is 1. The van der Waals surface area contributed by atoms with Crippen LogP contribution in [0.5, 0.6) is 0 Å². The van der Waals surface area contributed by atoms with Gasteiger partial charge in [0.2, 0.25) is 0 Å². The van der Waals surface area contributed by atoms with Crippen molar-refractivity contribution in [3.63, 3.8) is 0 Å². The zero-order valence-electron chi connectivity index (χ0n) is 22.0. The predicted octanol–water partition coefficient (Wildman–Crippen LogP) is 6.54. The van der Waals surface area contributed by atoms with E-state index in [1.807, 2.05) is 79.9 Å². The summed E-state index contributed by atoms with van der Waals surface area (Å²) in [5.41, 5.74) is 5.92. The first kappa shape index (κ1) is 26.6. The van der Waals surface area contributed by atoms with Gasteiger partial charge in [-0.05, 0) is 54.8 Å². The van der Waals surface area contributed by atoms with Gasteiger partial charge >= 0.3 is 6.03 Å². The first-order valence-corrected chi connectivity index (χ1v) is 13.8. The number of nitrogens with one attached hydrogen (secondary N) is 4. The summed E-state index contributed by atoms with van der Waals surface area (Å²) in [5, 5.41) is 19.7. The molecule has 3 aromatic carbocycles. The van der Waals surface area contributed by atoms with Gasteiger partial charge in [-0.3, -0.25) is 5.10 Å². The van der Waals surface area contributed by atoms with E-state index in [4.69, 9.17) is 28.2 Å². The molecule has 0 unspecified atom stereocenters. The fourth-order valence-corrected chi connectivity index (χ4v) is 5.24. The van der Waals surface area contributed by atoms with E-state index in [9.17, 15) is 4.79 Å². The maximum atomic E-state index is 13.2. The average Bonchev–Trinajstić information content (AvgIpc) is 3.73. The van der Waals surface area contributed by atoms with Crippen LogP contribution >= 0.6 is 23.2 Å². The second kappa shape index (κ2) is 11.5. The number of hydrogen-bond acceptors (Lipinski definition) is 4. The zero-order valence-corrected chi connectivity index (χ0v) is 23.5. The molecule has 6 rings (SSSR count). The van der Waals surface area contributed by atoms with Crippen molar-refractivity contribution >= 4 is 40.1 Å². The molecule has 0 spiro atoms. The molecule has 9 nitrogen and oxygen atoms in total. The smallest absolute Gasteiger partial charge is 0.315 e. The van der Waals surface area contributed by atoms with Crippen LogP contribution in [0, 0.1) is 6.92 Å². The molecule has 0 aliphatic rings. The summed E-state index contributed by atoms with van der Waals surface area (Å²) in [7, 11) is 0. The number of H-pyrrole nitrogens is 2. The number of aromatic nitrogens is 6. The summed E-state index contributed by atoms with van der Waals surface area (Å²) in [4.78, 5) is 21.2. The molecule has 4 N–H and O–H groups in total. The fraction of sp³-hybridized carbons (Fsp3) is 0.133. The van der Waals surface area contributed by atoms with E-state index in [-0.39, 0.29) is 12.6 Å². The monoisotopic (exact) mass is 584 g/mol. The molecule has 0 saturated heterocycles. The molecule has 0 aliphatic heterocycles. The minimum Gasteiger partial charge on any atom is -0.334 e. The summed E-state index contributed by atoms with van der Waals surface area (Å²) in [6.07, 6.45) is 4.04. The van der Waals surface area contributed by atoms with Crippen molar-refractivity contribution in [2.24, 2.45) is 0 Å². The molecule has 1 atom stereocenters. The lowest BCUT2D eigenvalue weighted by molar-refractivity contribution is 0.236. The number of amides is 2. The summed E-state index contributed by atoms with van der Waals surface area (Å²) in [6, 6.07) is 22.3. The number of imidazole rings is 1. The van der Waals surface area contributed by atoms with Crippen LogP contribution in [0.25, 0.3) is 27.8 Å². The Kier molecular flexibility index (Phi) is 7.45. The van der Waals surface area contributed by atoms with Gasteiger partial charge in [-0.15, -0.1) is 0 Å². The van der Waals surface area contributed by atoms with E-state index in [1.165, 1.54) is 0 Å². The Morgan fingerprint density at radius 2 is 1.90 bits per heavy atom. The minimum absolute atomic E-state index is 0.243. The topological polar surface area (TPSA) is 116 Å². The molecule has 0 aliphatic carbocycles. The highest BCUT2D eigenvalue weighted by Crippen LogP contribution is 2.31. The van der Waals surface area contributed by atoms with Crippen LogP contribution in [0.2, 0.25) is 10.2 Å². The van der Waals surface area contributed by atoms with Gasteiger partial charge in [0.25, 0.3) is 0 Å². The standard InChI is InChI=1S/C30H26Cl2N8O/c1-18-23-10-8-20(16-24(23)39-38-18)27-28(32)37-29(36-27)25(14-19-6-3-2-4-7-19)35-30(41)33-17-21-15-22(31)9-11-26(21)40-13-5-12-34-40/h2-13,15-16,25H,14,17H2,1H3,(H,36,37)(H,38,39)(H2,33,35,41)/t25-/m0/s1. The van der Waals surface area contributed by atoms with Gasteiger partial charge in [0, 0.05) is 40.6 Å². The van der Waals surface area contributed by atoms with Gasteiger partial charge < -0.3 is 15.6 Å². The molecule has 41 heavy (non-hydrogen) atoms. The normalized spacial score (nSPS) is 12.0. The van der Waals surface area contributed by atoms with Crippen LogP contribution in [-0.2, 0) is 13.0 Å². The number of aromatic amines is 2. The van der Waals surface area contributed by atoms with Gasteiger partial charge in [-0.25, -0.2) is 14.5 Å². The maximum Gasteiger partial charge on any atom is 0.315 e. The van der Waals surface area contributed by atoms with Gasteiger partial charge in [0.05, 0.1) is 17.2 Å². The SMILES string of the molecule is Cc1[nH]nc2cc(-c3nc([C@H](Cc4ccccc4)NC(=O)NCc4cc(Cl)ccc4-n4cccn4)[nH]c3Cl)ccc12. The average molecular weight is 585 g/mol. The van der Waals surface area contributed by atoms with Crippen LogP contribution < -0.4 is 10.6 Å². The van der Waals surface area contributed by atoms with Crippen LogP contribution in [0.4, 0.5) is 4.79 Å². The third kappa shape index (κ3) is 5.82. The Hall–Kier alpha value is -4.60. The number of carbonyl (C=O) groups is 1. The third-order valence-corrected chi connectivity index (χ3v) is 7.36.